The molecule has 1 fully saturated rings. The monoisotopic (exact) mass is 344 g/mol. The third kappa shape index (κ3) is 4.04. The van der Waals surface area contributed by atoms with Gasteiger partial charge in [-0.1, -0.05) is 12.1 Å². The van der Waals surface area contributed by atoms with Crippen LogP contribution in [-0.2, 0) is 17.8 Å². The highest BCUT2D eigenvalue weighted by Gasteiger charge is 2.36. The van der Waals surface area contributed by atoms with Gasteiger partial charge in [-0.3, -0.25) is 14.3 Å². The van der Waals surface area contributed by atoms with Gasteiger partial charge in [-0.2, -0.15) is 5.10 Å². The first-order valence-electron chi connectivity index (χ1n) is 8.41. The Kier molecular flexibility index (Phi) is 5.11. The van der Waals surface area contributed by atoms with Crippen LogP contribution in [0.25, 0.3) is 0 Å². The largest absolute Gasteiger partial charge is 0.355 e. The predicted octanol–water partition coefficient (Wildman–Crippen LogP) is 1.47. The van der Waals surface area contributed by atoms with Gasteiger partial charge < -0.3 is 10.2 Å². The number of aryl methyl sites for hydroxylation is 1. The molecular weight excluding hydrogens is 323 g/mol. The molecule has 1 aliphatic heterocycles. The molecular formula is C18H21FN4O2. The number of amides is 2. The first-order valence-corrected chi connectivity index (χ1v) is 8.41. The van der Waals surface area contributed by atoms with Crippen LogP contribution in [0.4, 0.5) is 4.39 Å². The fourth-order valence-corrected chi connectivity index (χ4v) is 2.75. The van der Waals surface area contributed by atoms with Crippen LogP contribution in [0, 0.1) is 11.7 Å². The average molecular weight is 344 g/mol. The Morgan fingerprint density at radius 1 is 1.24 bits per heavy atom. The number of hydrogen-bond donors (Lipinski definition) is 1. The lowest BCUT2D eigenvalue weighted by molar-refractivity contribution is -0.128. The number of nitrogens with zero attached hydrogens (tertiary/aromatic N) is 3. The molecule has 25 heavy (non-hydrogen) atoms. The zero-order valence-electron chi connectivity index (χ0n) is 14.1. The van der Waals surface area contributed by atoms with Crippen molar-refractivity contribution in [1.29, 1.82) is 0 Å². The van der Waals surface area contributed by atoms with Gasteiger partial charge in [-0.25, -0.2) is 4.39 Å². The van der Waals surface area contributed by atoms with Crippen molar-refractivity contribution in [2.45, 2.75) is 19.9 Å². The van der Waals surface area contributed by atoms with Gasteiger partial charge >= 0.3 is 0 Å². The second-order valence-corrected chi connectivity index (χ2v) is 6.13. The van der Waals surface area contributed by atoms with Gasteiger partial charge in [0.2, 0.25) is 5.91 Å². The van der Waals surface area contributed by atoms with Crippen LogP contribution in [0.15, 0.2) is 36.5 Å². The summed E-state index contributed by atoms with van der Waals surface area (Å²) in [5.74, 6) is -0.631. The maximum Gasteiger partial charge on any atom is 0.274 e. The molecule has 0 aliphatic carbocycles. The summed E-state index contributed by atoms with van der Waals surface area (Å²) in [6, 6.07) is 7.93. The van der Waals surface area contributed by atoms with Gasteiger partial charge in [0.15, 0.2) is 0 Å². The van der Waals surface area contributed by atoms with Crippen molar-refractivity contribution < 1.29 is 14.0 Å². The zero-order chi connectivity index (χ0) is 17.8. The van der Waals surface area contributed by atoms with Crippen LogP contribution >= 0.6 is 0 Å². The van der Waals surface area contributed by atoms with Gasteiger partial charge in [0.25, 0.3) is 5.91 Å². The number of carbonyl (C=O) groups is 2. The Hall–Kier alpha value is -2.70. The number of aromatic nitrogens is 2. The maximum atomic E-state index is 12.8. The third-order valence-corrected chi connectivity index (χ3v) is 4.35. The van der Waals surface area contributed by atoms with Crippen molar-refractivity contribution in [3.8, 4) is 0 Å². The summed E-state index contributed by atoms with van der Waals surface area (Å²) in [7, 11) is 0. The minimum atomic E-state index is -0.268. The second-order valence-electron chi connectivity index (χ2n) is 6.13. The Balaban J connectivity index is 1.40. The normalized spacial score (nSPS) is 14.2. The highest BCUT2D eigenvalue weighted by molar-refractivity contribution is 5.94. The Morgan fingerprint density at radius 3 is 2.60 bits per heavy atom. The molecule has 0 bridgehead atoms. The molecule has 2 amide bonds. The molecule has 0 saturated carbocycles. The zero-order valence-corrected chi connectivity index (χ0v) is 14.1. The molecule has 3 rings (SSSR count). The van der Waals surface area contributed by atoms with E-state index in [9.17, 15) is 14.0 Å². The Labute approximate surface area is 145 Å². The van der Waals surface area contributed by atoms with Crippen molar-refractivity contribution in [2.75, 3.05) is 19.6 Å². The van der Waals surface area contributed by atoms with Gasteiger partial charge in [-0.15, -0.1) is 0 Å². The summed E-state index contributed by atoms with van der Waals surface area (Å²) in [4.78, 5) is 26.0. The van der Waals surface area contributed by atoms with E-state index in [4.69, 9.17) is 0 Å². The van der Waals surface area contributed by atoms with Gasteiger partial charge in [-0.05, 0) is 37.1 Å². The molecule has 0 unspecified atom stereocenters. The van der Waals surface area contributed by atoms with E-state index >= 15 is 0 Å². The van der Waals surface area contributed by atoms with Crippen LogP contribution in [0.5, 0.6) is 0 Å². The average Bonchev–Trinajstić information content (AvgIpc) is 3.04. The lowest BCUT2D eigenvalue weighted by Crippen LogP contribution is -2.56. The SMILES string of the molecule is CCn1ccc(C(=O)N2CC(C(=O)NCCc3ccc(F)cc3)C2)n1. The summed E-state index contributed by atoms with van der Waals surface area (Å²) in [5, 5.41) is 7.06. The van der Waals surface area contributed by atoms with Crippen molar-refractivity contribution in [2.24, 2.45) is 5.92 Å². The molecule has 1 N–H and O–H groups in total. The van der Waals surface area contributed by atoms with E-state index in [1.54, 1.807) is 34.0 Å². The molecule has 132 valence electrons. The quantitative estimate of drug-likeness (QED) is 0.863. The number of likely N-dealkylation sites (tertiary alicyclic amines) is 1. The van der Waals surface area contributed by atoms with E-state index in [0.717, 1.165) is 5.56 Å². The fourth-order valence-electron chi connectivity index (χ4n) is 2.75. The Bertz CT molecular complexity index is 751. The molecule has 1 aromatic heterocycles. The summed E-state index contributed by atoms with van der Waals surface area (Å²) in [5.41, 5.74) is 1.38. The number of halogens is 1. The topological polar surface area (TPSA) is 67.2 Å². The molecule has 6 nitrogen and oxygen atoms in total. The smallest absolute Gasteiger partial charge is 0.274 e. The molecule has 2 heterocycles. The maximum absolute atomic E-state index is 12.8. The van der Waals surface area contributed by atoms with Crippen molar-refractivity contribution in [3.63, 3.8) is 0 Å². The van der Waals surface area contributed by atoms with E-state index in [2.05, 4.69) is 10.4 Å². The van der Waals surface area contributed by atoms with E-state index in [-0.39, 0.29) is 23.5 Å². The molecule has 7 heteroatoms. The number of carbonyl (C=O) groups excluding carboxylic acids is 2. The van der Waals surface area contributed by atoms with Crippen LogP contribution in [0.1, 0.15) is 23.0 Å². The predicted molar refractivity (Wildman–Crippen MR) is 90.4 cm³/mol. The van der Waals surface area contributed by atoms with Crippen molar-refractivity contribution >= 4 is 11.8 Å². The summed E-state index contributed by atoms with van der Waals surface area (Å²) < 4.78 is 14.5. The van der Waals surface area contributed by atoms with Crippen molar-refractivity contribution in [3.05, 3.63) is 53.6 Å². The van der Waals surface area contributed by atoms with Crippen LogP contribution in [-0.4, -0.2) is 46.1 Å². The summed E-state index contributed by atoms with van der Waals surface area (Å²) >= 11 is 0. The van der Waals surface area contributed by atoms with Crippen LogP contribution in [0.2, 0.25) is 0 Å². The first kappa shape index (κ1) is 17.1. The fraction of sp³-hybridized carbons (Fsp3) is 0.389. The molecule has 1 aliphatic rings. The van der Waals surface area contributed by atoms with E-state index in [0.29, 0.717) is 38.3 Å². The summed E-state index contributed by atoms with van der Waals surface area (Å²) in [6.45, 7) is 4.00. The lowest BCUT2D eigenvalue weighted by Gasteiger charge is -2.37. The standard InChI is InChI=1S/C18H21FN4O2/c1-2-23-10-8-16(21-23)18(25)22-11-14(12-22)17(24)20-9-7-13-3-5-15(19)6-4-13/h3-6,8,10,14H,2,7,9,11-12H2,1H3,(H,20,24). The lowest BCUT2D eigenvalue weighted by atomic mass is 9.98. The minimum absolute atomic E-state index is 0.0507. The third-order valence-electron chi connectivity index (χ3n) is 4.35. The van der Waals surface area contributed by atoms with E-state index in [1.807, 2.05) is 6.92 Å². The molecule has 0 radical (unpaired) electrons. The minimum Gasteiger partial charge on any atom is -0.355 e. The number of rotatable bonds is 6. The van der Waals surface area contributed by atoms with Gasteiger partial charge in [0.05, 0.1) is 5.92 Å². The molecule has 0 spiro atoms. The second kappa shape index (κ2) is 7.46. The van der Waals surface area contributed by atoms with Crippen LogP contribution in [0.3, 0.4) is 0 Å². The highest BCUT2D eigenvalue weighted by Crippen LogP contribution is 2.18. The highest BCUT2D eigenvalue weighted by atomic mass is 19.1. The molecule has 0 atom stereocenters. The number of hydrogen-bond acceptors (Lipinski definition) is 3. The molecule has 1 aromatic carbocycles. The van der Waals surface area contributed by atoms with Gasteiger partial charge in [0, 0.05) is 32.4 Å². The van der Waals surface area contributed by atoms with Crippen molar-refractivity contribution in [1.82, 2.24) is 20.0 Å². The first-order chi connectivity index (χ1) is 12.1. The van der Waals surface area contributed by atoms with Gasteiger partial charge in [0.1, 0.15) is 11.5 Å². The van der Waals surface area contributed by atoms with Crippen LogP contribution < -0.4 is 5.32 Å². The Morgan fingerprint density at radius 2 is 1.96 bits per heavy atom. The number of benzene rings is 1. The molecule has 2 aromatic rings. The number of nitrogens with one attached hydrogen (secondary N) is 1. The molecule has 1 saturated heterocycles. The van der Waals surface area contributed by atoms with E-state index in [1.165, 1.54) is 12.1 Å². The summed E-state index contributed by atoms with van der Waals surface area (Å²) in [6.07, 6.45) is 2.42. The van der Waals surface area contributed by atoms with E-state index < -0.39 is 0 Å².